The first-order chi connectivity index (χ1) is 8.74. The fraction of sp³-hybridized carbons (Fsp3) is 0.133. The summed E-state index contributed by atoms with van der Waals surface area (Å²) in [6.07, 6.45) is -1.44. The van der Waals surface area contributed by atoms with E-state index in [1.807, 2.05) is 42.5 Å². The number of rotatable bonds is 1. The van der Waals surface area contributed by atoms with Crippen LogP contribution in [0.2, 0.25) is 0 Å². The number of halogens is 1. The van der Waals surface area contributed by atoms with Crippen LogP contribution in [0.15, 0.2) is 48.5 Å². The highest BCUT2D eigenvalue weighted by Gasteiger charge is 2.28. The Morgan fingerprint density at radius 3 is 2.61 bits per heavy atom. The molecular weight excluding hydrogens is 231 g/mol. The van der Waals surface area contributed by atoms with Crippen molar-refractivity contribution in [1.29, 1.82) is 0 Å². The van der Waals surface area contributed by atoms with Gasteiger partial charge in [0.1, 0.15) is 5.75 Å². The summed E-state index contributed by atoms with van der Waals surface area (Å²) in [6, 6.07) is 15.3. The maximum atomic E-state index is 13.2. The molecule has 0 radical (unpaired) electrons. The van der Waals surface area contributed by atoms with Crippen LogP contribution in [0.5, 0.6) is 5.75 Å². The number of ether oxygens (including phenoxy) is 1. The lowest BCUT2D eigenvalue weighted by atomic mass is 9.99. The van der Waals surface area contributed by atoms with E-state index in [4.69, 9.17) is 4.74 Å². The van der Waals surface area contributed by atoms with Crippen molar-refractivity contribution in [3.8, 4) is 16.9 Å². The minimum Gasteiger partial charge on any atom is -0.424 e. The molecule has 2 aromatic rings. The smallest absolute Gasteiger partial charge is 0.346 e. The van der Waals surface area contributed by atoms with Crippen molar-refractivity contribution >= 4 is 5.97 Å². The molecule has 1 aliphatic heterocycles. The SMILES string of the molecule is O=C1Oc2cc(-c3ccccc3)ccc2C[C@@H]1F. The number of fused-ring (bicyclic) bond motifs is 1. The Bertz CT molecular complexity index is 593. The van der Waals surface area contributed by atoms with Crippen LogP contribution in [0.1, 0.15) is 5.56 Å². The second kappa shape index (κ2) is 4.26. The van der Waals surface area contributed by atoms with Gasteiger partial charge in [-0.25, -0.2) is 9.18 Å². The maximum Gasteiger partial charge on any atom is 0.346 e. The van der Waals surface area contributed by atoms with Gasteiger partial charge in [-0.05, 0) is 22.8 Å². The average molecular weight is 242 g/mol. The van der Waals surface area contributed by atoms with Gasteiger partial charge in [-0.1, -0.05) is 42.5 Å². The van der Waals surface area contributed by atoms with E-state index in [0.717, 1.165) is 16.7 Å². The molecule has 0 bridgehead atoms. The highest BCUT2D eigenvalue weighted by Crippen LogP contribution is 2.31. The fourth-order valence-electron chi connectivity index (χ4n) is 2.08. The molecule has 1 atom stereocenters. The van der Waals surface area contributed by atoms with Crippen molar-refractivity contribution in [2.45, 2.75) is 12.6 Å². The van der Waals surface area contributed by atoms with Crippen LogP contribution in [-0.2, 0) is 11.2 Å². The summed E-state index contributed by atoms with van der Waals surface area (Å²) >= 11 is 0. The highest BCUT2D eigenvalue weighted by molar-refractivity contribution is 5.81. The monoisotopic (exact) mass is 242 g/mol. The van der Waals surface area contributed by atoms with Crippen molar-refractivity contribution in [2.24, 2.45) is 0 Å². The predicted octanol–water partition coefficient (Wildman–Crippen LogP) is 3.15. The second-order valence-electron chi connectivity index (χ2n) is 4.28. The molecule has 0 aliphatic carbocycles. The standard InChI is InChI=1S/C15H11FO2/c16-13-8-12-7-6-11(9-14(12)18-15(13)17)10-4-2-1-3-5-10/h1-7,9,13H,8H2/t13-/m0/s1. The van der Waals surface area contributed by atoms with Gasteiger partial charge in [0, 0.05) is 6.42 Å². The lowest BCUT2D eigenvalue weighted by molar-refractivity contribution is -0.141. The van der Waals surface area contributed by atoms with E-state index in [-0.39, 0.29) is 6.42 Å². The lowest BCUT2D eigenvalue weighted by Crippen LogP contribution is -2.28. The van der Waals surface area contributed by atoms with Crippen molar-refractivity contribution in [3.63, 3.8) is 0 Å². The molecular formula is C15H11FO2. The molecule has 1 heterocycles. The third kappa shape index (κ3) is 1.88. The van der Waals surface area contributed by atoms with E-state index in [9.17, 15) is 9.18 Å². The molecule has 2 aromatic carbocycles. The van der Waals surface area contributed by atoms with Crippen molar-refractivity contribution in [2.75, 3.05) is 0 Å². The molecule has 0 aromatic heterocycles. The molecule has 0 N–H and O–H groups in total. The summed E-state index contributed by atoms with van der Waals surface area (Å²) in [5, 5.41) is 0. The van der Waals surface area contributed by atoms with Crippen LogP contribution in [0, 0.1) is 0 Å². The number of hydrogen-bond donors (Lipinski definition) is 0. The number of carbonyl (C=O) groups excluding carboxylic acids is 1. The first-order valence-electron chi connectivity index (χ1n) is 5.78. The van der Waals surface area contributed by atoms with Gasteiger partial charge in [0.15, 0.2) is 0 Å². The molecule has 3 heteroatoms. The summed E-state index contributed by atoms with van der Waals surface area (Å²) in [6.45, 7) is 0. The first kappa shape index (κ1) is 11.0. The number of alkyl halides is 1. The zero-order chi connectivity index (χ0) is 12.5. The minimum absolute atomic E-state index is 0.100. The Morgan fingerprint density at radius 1 is 1.06 bits per heavy atom. The zero-order valence-corrected chi connectivity index (χ0v) is 9.60. The molecule has 3 rings (SSSR count). The molecule has 2 nitrogen and oxygen atoms in total. The van der Waals surface area contributed by atoms with E-state index in [2.05, 4.69) is 0 Å². The topological polar surface area (TPSA) is 26.3 Å². The Hall–Kier alpha value is -2.16. The van der Waals surface area contributed by atoms with Crippen LogP contribution >= 0.6 is 0 Å². The van der Waals surface area contributed by atoms with Gasteiger partial charge in [0.25, 0.3) is 0 Å². The van der Waals surface area contributed by atoms with Gasteiger partial charge in [-0.15, -0.1) is 0 Å². The van der Waals surface area contributed by atoms with E-state index >= 15 is 0 Å². The minimum atomic E-state index is -1.54. The number of carbonyl (C=O) groups is 1. The lowest BCUT2D eigenvalue weighted by Gasteiger charge is -2.19. The molecule has 0 fully saturated rings. The highest BCUT2D eigenvalue weighted by atomic mass is 19.1. The Morgan fingerprint density at radius 2 is 1.83 bits per heavy atom. The summed E-state index contributed by atoms with van der Waals surface area (Å²) < 4.78 is 18.2. The average Bonchev–Trinajstić information content (AvgIpc) is 2.41. The summed E-state index contributed by atoms with van der Waals surface area (Å²) in [4.78, 5) is 11.2. The van der Waals surface area contributed by atoms with Gasteiger partial charge in [-0.3, -0.25) is 0 Å². The largest absolute Gasteiger partial charge is 0.424 e. The van der Waals surface area contributed by atoms with Gasteiger partial charge in [-0.2, -0.15) is 0 Å². The maximum absolute atomic E-state index is 13.2. The predicted molar refractivity (Wildman–Crippen MR) is 66.1 cm³/mol. The molecule has 0 saturated heterocycles. The summed E-state index contributed by atoms with van der Waals surface area (Å²) in [5.41, 5.74) is 2.74. The third-order valence-corrected chi connectivity index (χ3v) is 3.04. The van der Waals surface area contributed by atoms with E-state index in [1.165, 1.54) is 0 Å². The summed E-state index contributed by atoms with van der Waals surface area (Å²) in [5.74, 6) is -0.331. The molecule has 0 spiro atoms. The second-order valence-corrected chi connectivity index (χ2v) is 4.28. The number of hydrogen-bond acceptors (Lipinski definition) is 2. The van der Waals surface area contributed by atoms with Crippen LogP contribution in [0.4, 0.5) is 4.39 Å². The zero-order valence-electron chi connectivity index (χ0n) is 9.60. The first-order valence-corrected chi connectivity index (χ1v) is 5.78. The molecule has 0 amide bonds. The van der Waals surface area contributed by atoms with E-state index in [1.54, 1.807) is 6.07 Å². The molecule has 18 heavy (non-hydrogen) atoms. The normalized spacial score (nSPS) is 18.1. The van der Waals surface area contributed by atoms with Gasteiger partial charge in [0.2, 0.25) is 6.17 Å². The Labute approximate surface area is 104 Å². The van der Waals surface area contributed by atoms with Gasteiger partial charge in [0.05, 0.1) is 0 Å². The van der Waals surface area contributed by atoms with E-state index in [0.29, 0.717) is 5.75 Å². The number of esters is 1. The van der Waals surface area contributed by atoms with E-state index < -0.39 is 12.1 Å². The van der Waals surface area contributed by atoms with Crippen LogP contribution in [0.3, 0.4) is 0 Å². The van der Waals surface area contributed by atoms with Crippen molar-refractivity contribution in [3.05, 3.63) is 54.1 Å². The summed E-state index contributed by atoms with van der Waals surface area (Å²) in [7, 11) is 0. The molecule has 0 saturated carbocycles. The van der Waals surface area contributed by atoms with Crippen molar-refractivity contribution < 1.29 is 13.9 Å². The Balaban J connectivity index is 2.02. The third-order valence-electron chi connectivity index (χ3n) is 3.04. The van der Waals surface area contributed by atoms with Crippen LogP contribution in [-0.4, -0.2) is 12.1 Å². The van der Waals surface area contributed by atoms with Crippen molar-refractivity contribution in [1.82, 2.24) is 0 Å². The number of benzene rings is 2. The van der Waals surface area contributed by atoms with Crippen LogP contribution < -0.4 is 4.74 Å². The fourth-order valence-corrected chi connectivity index (χ4v) is 2.08. The van der Waals surface area contributed by atoms with Gasteiger partial charge >= 0.3 is 5.97 Å². The Kier molecular flexibility index (Phi) is 2.59. The molecule has 0 unspecified atom stereocenters. The van der Waals surface area contributed by atoms with Gasteiger partial charge < -0.3 is 4.74 Å². The molecule has 90 valence electrons. The molecule has 1 aliphatic rings. The van der Waals surface area contributed by atoms with Crippen LogP contribution in [0.25, 0.3) is 11.1 Å². The quantitative estimate of drug-likeness (QED) is 0.567.